The molecule has 0 aromatic carbocycles. The zero-order valence-electron chi connectivity index (χ0n) is 14.5. The molecule has 3 nitrogen and oxygen atoms in total. The lowest BCUT2D eigenvalue weighted by molar-refractivity contribution is 0.00194. The number of nitrogens with one attached hydrogen (secondary N) is 2. The molecule has 0 amide bonds. The smallest absolute Gasteiger partial charge is 0.0617 e. The summed E-state index contributed by atoms with van der Waals surface area (Å²) in [6, 6.07) is 4.20. The molecule has 2 heterocycles. The highest BCUT2D eigenvalue weighted by molar-refractivity contribution is 5.84. The number of aliphatic imine (C=N–C) groups is 1. The van der Waals surface area contributed by atoms with Crippen LogP contribution in [0, 0.1) is 17.8 Å². The molecule has 4 fully saturated rings. The quantitative estimate of drug-likeness (QED) is 0.748. The van der Waals surface area contributed by atoms with Crippen LogP contribution in [0.25, 0.3) is 11.3 Å². The van der Waals surface area contributed by atoms with Crippen molar-refractivity contribution in [1.82, 2.24) is 9.97 Å². The summed E-state index contributed by atoms with van der Waals surface area (Å²) >= 11 is 0. The molecule has 4 aliphatic carbocycles. The molecule has 126 valence electrons. The van der Waals surface area contributed by atoms with Gasteiger partial charge in [-0.2, -0.15) is 0 Å². The van der Waals surface area contributed by atoms with Crippen molar-refractivity contribution in [1.29, 1.82) is 0 Å². The van der Waals surface area contributed by atoms with E-state index in [-0.39, 0.29) is 5.54 Å². The van der Waals surface area contributed by atoms with Crippen LogP contribution in [0.1, 0.15) is 56.7 Å². The lowest BCUT2D eigenvalue weighted by Gasteiger charge is -2.54. The van der Waals surface area contributed by atoms with Gasteiger partial charge in [0.15, 0.2) is 0 Å². The van der Waals surface area contributed by atoms with Crippen LogP contribution < -0.4 is 0 Å². The monoisotopic (exact) mass is 321 g/mol. The third-order valence-corrected chi connectivity index (χ3v) is 6.74. The van der Waals surface area contributed by atoms with Crippen molar-refractivity contribution in [2.75, 3.05) is 0 Å². The van der Waals surface area contributed by atoms with Crippen molar-refractivity contribution in [3.8, 4) is 11.3 Å². The predicted octanol–water partition coefficient (Wildman–Crippen LogP) is 4.96. The first-order valence-electron chi connectivity index (χ1n) is 9.64. The van der Waals surface area contributed by atoms with Crippen LogP contribution in [0.3, 0.4) is 0 Å². The third kappa shape index (κ3) is 2.28. The number of aromatic nitrogens is 2. The minimum atomic E-state index is 0.261. The van der Waals surface area contributed by atoms with E-state index in [0.29, 0.717) is 0 Å². The molecule has 0 radical (unpaired) electrons. The van der Waals surface area contributed by atoms with E-state index < -0.39 is 0 Å². The van der Waals surface area contributed by atoms with E-state index in [1.807, 2.05) is 6.20 Å². The predicted molar refractivity (Wildman–Crippen MR) is 98.5 cm³/mol. The Balaban J connectivity index is 1.45. The van der Waals surface area contributed by atoms with Gasteiger partial charge in [-0.15, -0.1) is 0 Å². The Morgan fingerprint density at radius 3 is 2.42 bits per heavy atom. The van der Waals surface area contributed by atoms with Gasteiger partial charge in [-0.3, -0.25) is 4.99 Å². The van der Waals surface area contributed by atoms with Crippen LogP contribution in [0.5, 0.6) is 0 Å². The molecule has 0 spiro atoms. The molecule has 4 saturated carbocycles. The Kier molecular flexibility index (Phi) is 3.26. The third-order valence-electron chi connectivity index (χ3n) is 6.74. The summed E-state index contributed by atoms with van der Waals surface area (Å²) in [5.41, 5.74) is 5.33. The Labute approximate surface area is 144 Å². The lowest BCUT2D eigenvalue weighted by atomic mass is 9.53. The Bertz CT molecular complexity index is 715. The Hall–Kier alpha value is -1.77. The normalized spacial score (nSPS) is 34.5. The van der Waals surface area contributed by atoms with Gasteiger partial charge >= 0.3 is 0 Å². The van der Waals surface area contributed by atoms with Crippen molar-refractivity contribution in [3.05, 3.63) is 35.8 Å². The molecule has 4 aliphatic rings. The van der Waals surface area contributed by atoms with E-state index in [4.69, 9.17) is 4.99 Å². The first-order valence-corrected chi connectivity index (χ1v) is 9.64. The highest BCUT2D eigenvalue weighted by atomic mass is 14.9. The average Bonchev–Trinajstić information content (AvgIpc) is 3.20. The topological polar surface area (TPSA) is 43.9 Å². The summed E-state index contributed by atoms with van der Waals surface area (Å²) < 4.78 is 0. The van der Waals surface area contributed by atoms with Crippen LogP contribution in [0.2, 0.25) is 0 Å². The van der Waals surface area contributed by atoms with Gasteiger partial charge in [-0.1, -0.05) is 6.92 Å². The van der Waals surface area contributed by atoms with Gasteiger partial charge in [0, 0.05) is 29.9 Å². The summed E-state index contributed by atoms with van der Waals surface area (Å²) in [5.74, 6) is 2.87. The molecule has 0 saturated heterocycles. The summed E-state index contributed by atoms with van der Waals surface area (Å²) in [6.45, 7) is 2.23. The van der Waals surface area contributed by atoms with Gasteiger partial charge in [-0.05, 0) is 80.4 Å². The van der Waals surface area contributed by atoms with Gasteiger partial charge in [0.05, 0.1) is 11.2 Å². The second kappa shape index (κ2) is 5.37. The van der Waals surface area contributed by atoms with Gasteiger partial charge < -0.3 is 9.97 Å². The fraction of sp³-hybridized carbons (Fsp3) is 0.571. The van der Waals surface area contributed by atoms with Gasteiger partial charge in [0.2, 0.25) is 0 Å². The molecule has 4 bridgehead atoms. The molecule has 2 N–H and O–H groups in total. The summed E-state index contributed by atoms with van der Waals surface area (Å²) in [7, 11) is 0. The van der Waals surface area contributed by atoms with E-state index in [1.165, 1.54) is 61.0 Å². The molecule has 6 rings (SSSR count). The van der Waals surface area contributed by atoms with Gasteiger partial charge in [0.1, 0.15) is 0 Å². The minimum absolute atomic E-state index is 0.261. The van der Waals surface area contributed by atoms with Crippen molar-refractivity contribution >= 4 is 6.21 Å². The van der Waals surface area contributed by atoms with Crippen LogP contribution in [-0.2, 0) is 6.42 Å². The molecule has 0 atom stereocenters. The number of aromatic amines is 2. The zero-order chi connectivity index (χ0) is 16.1. The SMILES string of the molecule is CCc1c(-c2ccc[nH]2)c[nH]c1C=NC12CC3CC(CC(C3)C1)C2. The summed E-state index contributed by atoms with van der Waals surface area (Å²) in [6.07, 6.45) is 15.8. The molecule has 0 aliphatic heterocycles. The second-order valence-corrected chi connectivity index (χ2v) is 8.43. The standard InChI is InChI=1S/C21H27N3/c1-2-17-18(19-4-3-5-22-19)12-23-20(17)13-24-21-9-14-6-15(10-21)8-16(7-14)11-21/h3-5,12-16,22-23H,2,6-11H2,1H3. The maximum absolute atomic E-state index is 5.22. The maximum Gasteiger partial charge on any atom is 0.0617 e. The first kappa shape index (κ1) is 14.6. The summed E-state index contributed by atoms with van der Waals surface area (Å²) in [4.78, 5) is 12.0. The lowest BCUT2D eigenvalue weighted by Crippen LogP contribution is -2.49. The van der Waals surface area contributed by atoms with Crippen molar-refractivity contribution in [3.63, 3.8) is 0 Å². The second-order valence-electron chi connectivity index (χ2n) is 8.43. The van der Waals surface area contributed by atoms with E-state index in [9.17, 15) is 0 Å². The number of nitrogens with zero attached hydrogens (tertiary/aromatic N) is 1. The number of rotatable bonds is 4. The molecule has 3 heteroatoms. The first-order chi connectivity index (χ1) is 11.7. The minimum Gasteiger partial charge on any atom is -0.361 e. The van der Waals surface area contributed by atoms with E-state index in [1.54, 1.807) is 0 Å². The molecule has 2 aromatic heterocycles. The Morgan fingerprint density at radius 2 is 1.83 bits per heavy atom. The molecule has 2 aromatic rings. The molecule has 24 heavy (non-hydrogen) atoms. The van der Waals surface area contributed by atoms with Crippen LogP contribution in [-0.4, -0.2) is 21.7 Å². The fourth-order valence-electron chi connectivity index (χ4n) is 6.13. The highest BCUT2D eigenvalue weighted by Gasteiger charge is 2.50. The maximum atomic E-state index is 5.22. The Morgan fingerprint density at radius 1 is 1.12 bits per heavy atom. The summed E-state index contributed by atoms with van der Waals surface area (Å²) in [5, 5.41) is 0. The molecular formula is C21H27N3. The van der Waals surface area contributed by atoms with Crippen molar-refractivity contribution in [2.24, 2.45) is 22.7 Å². The van der Waals surface area contributed by atoms with Crippen molar-refractivity contribution < 1.29 is 0 Å². The number of H-pyrrole nitrogens is 2. The molecule has 0 unspecified atom stereocenters. The highest BCUT2D eigenvalue weighted by Crippen LogP contribution is 2.57. The van der Waals surface area contributed by atoms with Gasteiger partial charge in [-0.25, -0.2) is 0 Å². The fourth-order valence-corrected chi connectivity index (χ4v) is 6.13. The average molecular weight is 321 g/mol. The van der Waals surface area contributed by atoms with E-state index in [2.05, 4.69) is 41.4 Å². The van der Waals surface area contributed by atoms with Crippen LogP contribution >= 0.6 is 0 Å². The van der Waals surface area contributed by atoms with Crippen LogP contribution in [0.15, 0.2) is 29.5 Å². The number of hydrogen-bond donors (Lipinski definition) is 2. The number of hydrogen-bond acceptors (Lipinski definition) is 1. The van der Waals surface area contributed by atoms with E-state index in [0.717, 1.165) is 24.2 Å². The van der Waals surface area contributed by atoms with Gasteiger partial charge in [0.25, 0.3) is 0 Å². The molecular weight excluding hydrogens is 294 g/mol. The largest absolute Gasteiger partial charge is 0.361 e. The zero-order valence-corrected chi connectivity index (χ0v) is 14.5. The van der Waals surface area contributed by atoms with Crippen molar-refractivity contribution in [2.45, 2.75) is 57.4 Å². The van der Waals surface area contributed by atoms with E-state index >= 15 is 0 Å². The van der Waals surface area contributed by atoms with Crippen LogP contribution in [0.4, 0.5) is 0 Å².